The van der Waals surface area contributed by atoms with Crippen LogP contribution in [-0.2, 0) is 13.0 Å². The van der Waals surface area contributed by atoms with Crippen LogP contribution in [0.5, 0.6) is 0 Å². The van der Waals surface area contributed by atoms with Crippen LogP contribution in [0.2, 0.25) is 0 Å². The van der Waals surface area contributed by atoms with E-state index in [1.807, 2.05) is 50.2 Å². The largest absolute Gasteiger partial charge is 0.361 e. The maximum absolute atomic E-state index is 8.66. The van der Waals surface area contributed by atoms with Crippen molar-refractivity contribution in [3.63, 3.8) is 0 Å². The van der Waals surface area contributed by atoms with Crippen molar-refractivity contribution in [1.82, 2.24) is 9.88 Å². The molecule has 0 fully saturated rings. The van der Waals surface area contributed by atoms with E-state index in [2.05, 4.69) is 29.4 Å². The lowest BCUT2D eigenvalue weighted by molar-refractivity contribution is 0.490. The third kappa shape index (κ3) is 5.78. The molecular formula is C24H31N5. The molecule has 0 aliphatic rings. The van der Waals surface area contributed by atoms with Crippen molar-refractivity contribution in [2.75, 3.05) is 0 Å². The SMILES string of the molecule is CC(C)(N)CC(=N)N(Cc1ccccc1)C(=N)CCCc1c[nH]c2ccccc12. The number of fused-ring (bicyclic) bond motifs is 1. The minimum absolute atomic E-state index is 0.401. The molecule has 1 aromatic heterocycles. The second kappa shape index (κ2) is 9.05. The van der Waals surface area contributed by atoms with Gasteiger partial charge in [-0.25, -0.2) is 0 Å². The molecule has 1 heterocycles. The highest BCUT2D eigenvalue weighted by Crippen LogP contribution is 2.20. The predicted octanol–water partition coefficient (Wildman–Crippen LogP) is 5.07. The summed E-state index contributed by atoms with van der Waals surface area (Å²) < 4.78 is 0. The van der Waals surface area contributed by atoms with Gasteiger partial charge < -0.3 is 15.6 Å². The third-order valence-corrected chi connectivity index (χ3v) is 4.99. The van der Waals surface area contributed by atoms with Crippen LogP contribution < -0.4 is 5.73 Å². The fourth-order valence-corrected chi connectivity index (χ4v) is 3.57. The number of rotatable bonds is 8. The first-order valence-electron chi connectivity index (χ1n) is 10.1. The number of nitrogens with two attached hydrogens (primary N) is 1. The van der Waals surface area contributed by atoms with Crippen LogP contribution >= 0.6 is 0 Å². The summed E-state index contributed by atoms with van der Waals surface area (Å²) in [5.41, 5.74) is 9.19. The number of nitrogens with zero attached hydrogens (tertiary/aromatic N) is 1. The summed E-state index contributed by atoms with van der Waals surface area (Å²) in [5.74, 6) is 0.876. The van der Waals surface area contributed by atoms with Crippen LogP contribution in [0.25, 0.3) is 10.9 Å². The molecule has 0 aliphatic carbocycles. The molecule has 0 atom stereocenters. The molecule has 0 spiro atoms. The van der Waals surface area contributed by atoms with Gasteiger partial charge >= 0.3 is 0 Å². The number of aromatic amines is 1. The first kappa shape index (κ1) is 20.8. The molecular weight excluding hydrogens is 358 g/mol. The lowest BCUT2D eigenvalue weighted by Crippen LogP contribution is -2.43. The van der Waals surface area contributed by atoms with E-state index in [1.165, 1.54) is 10.9 Å². The van der Waals surface area contributed by atoms with Crippen molar-refractivity contribution in [2.45, 2.75) is 51.6 Å². The standard InChI is InChI=1S/C24H31N5/c1-24(2,27)15-23(26)29(17-18-9-4-3-5-10-18)22(25)14-8-11-19-16-28-21-13-7-6-12-20(19)21/h3-7,9-10,12-13,16,25-26,28H,8,11,14-15,17,27H2,1-2H3. The van der Waals surface area contributed by atoms with Gasteiger partial charge in [0.05, 0.1) is 6.54 Å². The van der Waals surface area contributed by atoms with Crippen molar-refractivity contribution in [3.05, 3.63) is 71.9 Å². The van der Waals surface area contributed by atoms with Gasteiger partial charge in [-0.3, -0.25) is 10.8 Å². The molecule has 0 unspecified atom stereocenters. The van der Waals surface area contributed by atoms with E-state index in [9.17, 15) is 0 Å². The Labute approximate surface area is 172 Å². The number of aromatic nitrogens is 1. The van der Waals surface area contributed by atoms with Crippen LogP contribution in [0.3, 0.4) is 0 Å². The summed E-state index contributed by atoms with van der Waals surface area (Å²) in [4.78, 5) is 5.12. The summed E-state index contributed by atoms with van der Waals surface area (Å²) >= 11 is 0. The first-order valence-corrected chi connectivity index (χ1v) is 10.1. The number of para-hydroxylation sites is 1. The monoisotopic (exact) mass is 389 g/mol. The Kier molecular flexibility index (Phi) is 6.49. The number of amidine groups is 2. The molecule has 0 radical (unpaired) electrons. The highest BCUT2D eigenvalue weighted by Gasteiger charge is 2.21. The number of hydrogen-bond donors (Lipinski definition) is 4. The number of H-pyrrole nitrogens is 1. The molecule has 152 valence electrons. The van der Waals surface area contributed by atoms with Gasteiger partial charge in [0.15, 0.2) is 0 Å². The minimum Gasteiger partial charge on any atom is -0.361 e. The average molecular weight is 390 g/mol. The fraction of sp³-hybridized carbons (Fsp3) is 0.333. The summed E-state index contributed by atoms with van der Waals surface area (Å²) in [7, 11) is 0. The topological polar surface area (TPSA) is 92.8 Å². The Morgan fingerprint density at radius 3 is 2.41 bits per heavy atom. The van der Waals surface area contributed by atoms with Crippen molar-refractivity contribution in [3.8, 4) is 0 Å². The van der Waals surface area contributed by atoms with Gasteiger partial charge in [0.1, 0.15) is 11.7 Å². The van der Waals surface area contributed by atoms with Crippen LogP contribution in [0.4, 0.5) is 0 Å². The molecule has 0 amide bonds. The fourth-order valence-electron chi connectivity index (χ4n) is 3.57. The molecule has 5 nitrogen and oxygen atoms in total. The normalized spacial score (nSPS) is 11.6. The Bertz CT molecular complexity index is 966. The lowest BCUT2D eigenvalue weighted by atomic mass is 10.0. The maximum Gasteiger partial charge on any atom is 0.103 e. The van der Waals surface area contributed by atoms with Gasteiger partial charge in [0.25, 0.3) is 0 Å². The molecule has 5 heteroatoms. The van der Waals surface area contributed by atoms with Gasteiger partial charge in [0.2, 0.25) is 0 Å². The first-order chi connectivity index (χ1) is 13.8. The van der Waals surface area contributed by atoms with E-state index in [-0.39, 0.29) is 0 Å². The summed E-state index contributed by atoms with van der Waals surface area (Å²) in [6.07, 6.45) is 4.89. The second-order valence-corrected chi connectivity index (χ2v) is 8.34. The van der Waals surface area contributed by atoms with Gasteiger partial charge in [-0.15, -0.1) is 0 Å². The van der Waals surface area contributed by atoms with E-state index < -0.39 is 5.54 Å². The predicted molar refractivity (Wildman–Crippen MR) is 122 cm³/mol. The van der Waals surface area contributed by atoms with Gasteiger partial charge in [0, 0.05) is 35.5 Å². The van der Waals surface area contributed by atoms with Crippen molar-refractivity contribution >= 4 is 22.6 Å². The van der Waals surface area contributed by atoms with E-state index >= 15 is 0 Å². The zero-order valence-corrected chi connectivity index (χ0v) is 17.3. The molecule has 0 saturated heterocycles. The number of aryl methyl sites for hydroxylation is 1. The second-order valence-electron chi connectivity index (χ2n) is 8.34. The van der Waals surface area contributed by atoms with Gasteiger partial charge in [-0.1, -0.05) is 48.5 Å². The average Bonchev–Trinajstić information content (AvgIpc) is 3.08. The molecule has 5 N–H and O–H groups in total. The van der Waals surface area contributed by atoms with E-state index in [0.717, 1.165) is 23.9 Å². The molecule has 2 aromatic carbocycles. The maximum atomic E-state index is 8.66. The number of benzene rings is 2. The van der Waals surface area contributed by atoms with Crippen LogP contribution in [0, 0.1) is 10.8 Å². The molecule has 0 bridgehead atoms. The summed E-state index contributed by atoms with van der Waals surface area (Å²) in [6, 6.07) is 18.3. The minimum atomic E-state index is -0.476. The quantitative estimate of drug-likeness (QED) is 0.320. The summed E-state index contributed by atoms with van der Waals surface area (Å²) in [6.45, 7) is 4.37. The molecule has 29 heavy (non-hydrogen) atoms. The summed E-state index contributed by atoms with van der Waals surface area (Å²) in [5, 5.41) is 18.5. The number of nitrogens with one attached hydrogen (secondary N) is 3. The van der Waals surface area contributed by atoms with Crippen molar-refractivity contribution in [2.24, 2.45) is 5.73 Å². The highest BCUT2D eigenvalue weighted by atomic mass is 15.2. The Balaban J connectivity index is 1.66. The van der Waals surface area contributed by atoms with Gasteiger partial charge in [-0.2, -0.15) is 0 Å². The lowest BCUT2D eigenvalue weighted by Gasteiger charge is -2.29. The van der Waals surface area contributed by atoms with E-state index in [1.54, 1.807) is 4.90 Å². The van der Waals surface area contributed by atoms with Crippen molar-refractivity contribution < 1.29 is 0 Å². The van der Waals surface area contributed by atoms with Crippen molar-refractivity contribution in [1.29, 1.82) is 10.8 Å². The van der Waals surface area contributed by atoms with Crippen LogP contribution in [0.15, 0.2) is 60.8 Å². The Morgan fingerprint density at radius 2 is 1.69 bits per heavy atom. The van der Waals surface area contributed by atoms with Crippen LogP contribution in [-0.4, -0.2) is 27.1 Å². The molecule has 0 aliphatic heterocycles. The van der Waals surface area contributed by atoms with E-state index in [4.69, 9.17) is 16.6 Å². The zero-order valence-electron chi connectivity index (χ0n) is 17.3. The zero-order chi connectivity index (χ0) is 20.9. The Morgan fingerprint density at radius 1 is 1.00 bits per heavy atom. The molecule has 0 saturated carbocycles. The third-order valence-electron chi connectivity index (χ3n) is 4.99. The number of hydrogen-bond acceptors (Lipinski definition) is 3. The van der Waals surface area contributed by atoms with E-state index in [0.29, 0.717) is 31.1 Å². The molecule has 3 rings (SSSR count). The smallest absolute Gasteiger partial charge is 0.103 e. The van der Waals surface area contributed by atoms with Gasteiger partial charge in [-0.05, 0) is 43.9 Å². The highest BCUT2D eigenvalue weighted by molar-refractivity contribution is 5.98. The molecule has 3 aromatic rings. The van der Waals surface area contributed by atoms with Crippen LogP contribution in [0.1, 0.15) is 44.2 Å². The Hall–Kier alpha value is -2.92.